The maximum absolute atomic E-state index is 13.9. The van der Waals surface area contributed by atoms with Crippen LogP contribution in [0.3, 0.4) is 0 Å². The van der Waals surface area contributed by atoms with Crippen LogP contribution >= 0.6 is 0 Å². The van der Waals surface area contributed by atoms with Gasteiger partial charge in [0.05, 0.1) is 0 Å². The van der Waals surface area contributed by atoms with E-state index in [0.717, 1.165) is 13.0 Å². The molecule has 0 bridgehead atoms. The molecule has 0 aromatic heterocycles. The molecule has 1 aliphatic rings. The van der Waals surface area contributed by atoms with Crippen molar-refractivity contribution >= 4 is 11.6 Å². The second-order valence-corrected chi connectivity index (χ2v) is 7.39. The van der Waals surface area contributed by atoms with Crippen molar-refractivity contribution in [2.45, 2.75) is 37.4 Å². The number of likely N-dealkylation sites (tertiary alicyclic amines) is 1. The van der Waals surface area contributed by atoms with E-state index in [-0.39, 0.29) is 5.69 Å². The molecule has 1 amide bonds. The van der Waals surface area contributed by atoms with Crippen LogP contribution in [0.15, 0.2) is 60.7 Å². The van der Waals surface area contributed by atoms with Crippen LogP contribution in [0.4, 0.5) is 27.6 Å². The molecule has 3 rings (SSSR count). The first-order chi connectivity index (χ1) is 14.2. The quantitative estimate of drug-likeness (QED) is 0.612. The first-order valence-corrected chi connectivity index (χ1v) is 9.79. The van der Waals surface area contributed by atoms with E-state index in [0.29, 0.717) is 30.8 Å². The highest BCUT2D eigenvalue weighted by Crippen LogP contribution is 2.39. The average molecular weight is 426 g/mol. The maximum Gasteiger partial charge on any atom is 0.463 e. The largest absolute Gasteiger partial charge is 0.463 e. The molecule has 162 valence electrons. The van der Waals surface area contributed by atoms with Gasteiger partial charge in [-0.15, -0.1) is 0 Å². The van der Waals surface area contributed by atoms with Gasteiger partial charge in [-0.2, -0.15) is 22.0 Å². The summed E-state index contributed by atoms with van der Waals surface area (Å²) in [5, 5.41) is 0. The number of carbonyl (C=O) groups is 1. The minimum atomic E-state index is -5.94. The molecule has 0 spiro atoms. The summed E-state index contributed by atoms with van der Waals surface area (Å²) in [5.41, 5.74) is 1.22. The molecule has 1 heterocycles. The van der Waals surface area contributed by atoms with Gasteiger partial charge in [-0.3, -0.25) is 4.79 Å². The number of piperidine rings is 1. The smallest absolute Gasteiger partial charge is 0.304 e. The molecule has 0 atom stereocenters. The standard InChI is InChI=1S/C22H23F5N2O/c23-21(24,22(25,26)27)20(30)29(18-9-5-2-6-10-18)19-12-15-28(16-13-19)14-11-17-7-3-1-4-8-17/h1-10,19H,11-16H2. The number of carbonyl (C=O) groups excluding carboxylic acids is 1. The van der Waals surface area contributed by atoms with E-state index in [1.807, 2.05) is 30.3 Å². The Kier molecular flexibility index (Phi) is 6.75. The SMILES string of the molecule is O=C(N(c1ccccc1)C1CCN(CCc2ccccc2)CC1)C(F)(F)C(F)(F)F. The van der Waals surface area contributed by atoms with E-state index in [2.05, 4.69) is 4.90 Å². The van der Waals surface area contributed by atoms with Crippen LogP contribution in [0.5, 0.6) is 0 Å². The number of alkyl halides is 5. The van der Waals surface area contributed by atoms with Crippen LogP contribution in [0.2, 0.25) is 0 Å². The molecule has 8 heteroatoms. The van der Waals surface area contributed by atoms with Gasteiger partial charge in [0.1, 0.15) is 0 Å². The number of anilines is 1. The number of nitrogens with zero attached hydrogens (tertiary/aromatic N) is 2. The molecule has 3 nitrogen and oxygen atoms in total. The summed E-state index contributed by atoms with van der Waals surface area (Å²) in [7, 11) is 0. The zero-order chi connectivity index (χ0) is 21.8. The first kappa shape index (κ1) is 22.2. The number of hydrogen-bond acceptors (Lipinski definition) is 2. The fraction of sp³-hybridized carbons (Fsp3) is 0.409. The summed E-state index contributed by atoms with van der Waals surface area (Å²) < 4.78 is 66.3. The van der Waals surface area contributed by atoms with Crippen molar-refractivity contribution in [1.82, 2.24) is 4.90 Å². The molecule has 0 unspecified atom stereocenters. The van der Waals surface area contributed by atoms with Gasteiger partial charge in [0.15, 0.2) is 0 Å². The van der Waals surface area contributed by atoms with E-state index in [4.69, 9.17) is 0 Å². The Bertz CT molecular complexity index is 818. The van der Waals surface area contributed by atoms with Crippen molar-refractivity contribution in [3.05, 3.63) is 66.2 Å². The summed E-state index contributed by atoms with van der Waals surface area (Å²) in [4.78, 5) is 15.1. The monoisotopic (exact) mass is 426 g/mol. The zero-order valence-corrected chi connectivity index (χ0v) is 16.3. The Balaban J connectivity index is 1.70. The van der Waals surface area contributed by atoms with E-state index in [9.17, 15) is 26.7 Å². The number of amides is 1. The van der Waals surface area contributed by atoms with Crippen molar-refractivity contribution in [2.75, 3.05) is 24.5 Å². The predicted octanol–water partition coefficient (Wildman–Crippen LogP) is 4.92. The lowest BCUT2D eigenvalue weighted by molar-refractivity contribution is -0.268. The maximum atomic E-state index is 13.9. The van der Waals surface area contributed by atoms with Crippen molar-refractivity contribution in [2.24, 2.45) is 0 Å². The molecule has 30 heavy (non-hydrogen) atoms. The molecule has 0 radical (unpaired) electrons. The van der Waals surface area contributed by atoms with Crippen LogP contribution in [-0.2, 0) is 11.2 Å². The van der Waals surface area contributed by atoms with Gasteiger partial charge in [0, 0.05) is 31.4 Å². The Morgan fingerprint density at radius 2 is 1.43 bits per heavy atom. The van der Waals surface area contributed by atoms with E-state index in [1.54, 1.807) is 6.07 Å². The van der Waals surface area contributed by atoms with Gasteiger partial charge < -0.3 is 9.80 Å². The first-order valence-electron chi connectivity index (χ1n) is 9.79. The van der Waals surface area contributed by atoms with Crippen molar-refractivity contribution in [3.63, 3.8) is 0 Å². The number of hydrogen-bond donors (Lipinski definition) is 0. The highest BCUT2D eigenvalue weighted by atomic mass is 19.4. The van der Waals surface area contributed by atoms with Crippen LogP contribution < -0.4 is 4.90 Å². The fourth-order valence-electron chi connectivity index (χ4n) is 3.69. The highest BCUT2D eigenvalue weighted by Gasteiger charge is 2.65. The van der Waals surface area contributed by atoms with Crippen LogP contribution in [-0.4, -0.2) is 48.6 Å². The van der Waals surface area contributed by atoms with Gasteiger partial charge in [-0.05, 0) is 37.0 Å². The fourth-order valence-corrected chi connectivity index (χ4v) is 3.69. The summed E-state index contributed by atoms with van der Waals surface area (Å²) in [6.45, 7) is 1.80. The molecule has 2 aromatic rings. The Morgan fingerprint density at radius 1 is 0.900 bits per heavy atom. The number of halogens is 5. The van der Waals surface area contributed by atoms with Gasteiger partial charge >= 0.3 is 18.0 Å². The third-order valence-corrected chi connectivity index (χ3v) is 5.36. The third-order valence-electron chi connectivity index (χ3n) is 5.36. The molecule has 0 aliphatic carbocycles. The lowest BCUT2D eigenvalue weighted by Crippen LogP contribution is -2.57. The van der Waals surface area contributed by atoms with E-state index < -0.39 is 24.0 Å². The normalized spacial score (nSPS) is 16.4. The topological polar surface area (TPSA) is 23.6 Å². The zero-order valence-electron chi connectivity index (χ0n) is 16.3. The minimum absolute atomic E-state index is 0.0501. The number of rotatable bonds is 6. The molecular weight excluding hydrogens is 403 g/mol. The van der Waals surface area contributed by atoms with Crippen LogP contribution in [0.25, 0.3) is 0 Å². The second-order valence-electron chi connectivity index (χ2n) is 7.39. The van der Waals surface area contributed by atoms with Crippen molar-refractivity contribution < 1.29 is 26.7 Å². The highest BCUT2D eigenvalue weighted by molar-refractivity contribution is 5.99. The molecular formula is C22H23F5N2O. The van der Waals surface area contributed by atoms with Crippen molar-refractivity contribution in [1.29, 1.82) is 0 Å². The minimum Gasteiger partial charge on any atom is -0.304 e. The molecule has 0 N–H and O–H groups in total. The molecule has 1 aliphatic heterocycles. The number of benzene rings is 2. The summed E-state index contributed by atoms with van der Waals surface area (Å²) in [5.74, 6) is -7.66. The lowest BCUT2D eigenvalue weighted by Gasteiger charge is -2.40. The Morgan fingerprint density at radius 3 is 1.97 bits per heavy atom. The van der Waals surface area contributed by atoms with Gasteiger partial charge in [0.2, 0.25) is 0 Å². The average Bonchev–Trinajstić information content (AvgIpc) is 2.74. The second kappa shape index (κ2) is 9.12. The van der Waals surface area contributed by atoms with E-state index >= 15 is 0 Å². The number of para-hydroxylation sites is 1. The van der Waals surface area contributed by atoms with Crippen LogP contribution in [0.1, 0.15) is 18.4 Å². The molecule has 2 aromatic carbocycles. The molecule has 0 saturated carbocycles. The van der Waals surface area contributed by atoms with Crippen LogP contribution in [0, 0.1) is 0 Å². The molecule has 1 saturated heterocycles. The summed E-state index contributed by atoms with van der Waals surface area (Å²) >= 11 is 0. The lowest BCUT2D eigenvalue weighted by atomic mass is 10.0. The molecule has 1 fully saturated rings. The predicted molar refractivity (Wildman–Crippen MR) is 105 cm³/mol. The Labute approximate surface area is 172 Å². The summed E-state index contributed by atoms with van der Waals surface area (Å²) in [6, 6.07) is 16.5. The van der Waals surface area contributed by atoms with Gasteiger partial charge in [0.25, 0.3) is 0 Å². The van der Waals surface area contributed by atoms with Gasteiger partial charge in [-0.25, -0.2) is 0 Å². The van der Waals surface area contributed by atoms with Gasteiger partial charge in [-0.1, -0.05) is 48.5 Å². The van der Waals surface area contributed by atoms with E-state index in [1.165, 1.54) is 29.8 Å². The summed E-state index contributed by atoms with van der Waals surface area (Å²) in [6.07, 6.45) is -4.47. The Hall–Kier alpha value is -2.48. The third kappa shape index (κ3) is 4.98. The van der Waals surface area contributed by atoms with Crippen molar-refractivity contribution in [3.8, 4) is 0 Å².